The molecule has 3 aromatic rings. The Morgan fingerprint density at radius 2 is 1.79 bits per heavy atom. The molecular weight excluding hydrogens is 476 g/mol. The number of carbonyl (C=O) groups excluding carboxylic acids is 1. The number of amides is 1. The highest BCUT2D eigenvalue weighted by molar-refractivity contribution is 5.88. The van der Waals surface area contributed by atoms with E-state index in [1.165, 1.54) is 43.3 Å². The zero-order chi connectivity index (χ0) is 26.2. The third-order valence-corrected chi connectivity index (χ3v) is 9.05. The van der Waals surface area contributed by atoms with Gasteiger partial charge in [0.05, 0.1) is 5.69 Å². The Morgan fingerprint density at radius 3 is 2.53 bits per heavy atom. The third kappa shape index (κ3) is 4.71. The molecule has 0 spiro atoms. The molecule has 0 radical (unpaired) electrons. The number of aromatic hydroxyl groups is 1. The van der Waals surface area contributed by atoms with E-state index >= 15 is 0 Å². The number of phenolic OH excluding ortho intramolecular Hbond substituents is 1. The van der Waals surface area contributed by atoms with Gasteiger partial charge < -0.3 is 19.9 Å². The normalized spacial score (nSPS) is 25.2. The molecule has 8 heteroatoms. The van der Waals surface area contributed by atoms with Crippen LogP contribution in [0.1, 0.15) is 55.2 Å². The number of rotatable bonds is 5. The molecule has 1 aromatic carbocycles. The molecule has 0 unspecified atom stereocenters. The summed E-state index contributed by atoms with van der Waals surface area (Å²) in [6.45, 7) is 9.76. The van der Waals surface area contributed by atoms with Gasteiger partial charge in [-0.15, -0.1) is 10.2 Å². The SMILES string of the molecule is C=CC(=O)N1CC[C@@H](c2[nH]c3nnc(-c4ccccc4O)cc3c2C2CCC(N3CCN(C)CC3)CC2)C1. The summed E-state index contributed by atoms with van der Waals surface area (Å²) < 4.78 is 0. The first kappa shape index (κ1) is 25.1. The molecule has 8 nitrogen and oxygen atoms in total. The number of para-hydroxylation sites is 1. The van der Waals surface area contributed by atoms with Crippen molar-refractivity contribution < 1.29 is 9.90 Å². The Balaban J connectivity index is 1.33. The van der Waals surface area contributed by atoms with Gasteiger partial charge >= 0.3 is 0 Å². The van der Waals surface area contributed by atoms with Crippen LogP contribution in [0.3, 0.4) is 0 Å². The fourth-order valence-electron chi connectivity index (χ4n) is 6.85. The van der Waals surface area contributed by atoms with E-state index in [1.807, 2.05) is 23.1 Å². The van der Waals surface area contributed by atoms with Crippen LogP contribution in [0.5, 0.6) is 5.75 Å². The van der Waals surface area contributed by atoms with Crippen LogP contribution in [0.4, 0.5) is 0 Å². The van der Waals surface area contributed by atoms with Gasteiger partial charge in [-0.3, -0.25) is 9.69 Å². The minimum absolute atomic E-state index is 0.000485. The number of fused-ring (bicyclic) bond motifs is 1. The predicted molar refractivity (Wildman–Crippen MR) is 149 cm³/mol. The number of hydrogen-bond donors (Lipinski definition) is 2. The van der Waals surface area contributed by atoms with E-state index in [1.54, 1.807) is 6.07 Å². The maximum Gasteiger partial charge on any atom is 0.245 e. The summed E-state index contributed by atoms with van der Waals surface area (Å²) in [6, 6.07) is 10.1. The van der Waals surface area contributed by atoms with Crippen molar-refractivity contribution in [1.29, 1.82) is 0 Å². The van der Waals surface area contributed by atoms with Crippen molar-refractivity contribution in [3.63, 3.8) is 0 Å². The first-order valence-corrected chi connectivity index (χ1v) is 14.0. The first-order valence-electron chi connectivity index (χ1n) is 14.0. The molecule has 2 N–H and O–H groups in total. The number of nitrogens with one attached hydrogen (secondary N) is 1. The van der Waals surface area contributed by atoms with Gasteiger partial charge in [-0.2, -0.15) is 0 Å². The number of phenols is 1. The molecule has 6 rings (SSSR count). The van der Waals surface area contributed by atoms with Crippen molar-refractivity contribution in [3.05, 3.63) is 54.2 Å². The number of aromatic nitrogens is 3. The van der Waals surface area contributed by atoms with Crippen molar-refractivity contribution in [3.8, 4) is 17.0 Å². The zero-order valence-corrected chi connectivity index (χ0v) is 22.3. The molecule has 1 amide bonds. The van der Waals surface area contributed by atoms with Crippen LogP contribution in [0.2, 0.25) is 0 Å². The lowest BCUT2D eigenvalue weighted by Gasteiger charge is -2.41. The number of nitrogens with zero attached hydrogens (tertiary/aromatic N) is 5. The standard InChI is InChI=1S/C30H38N6O2/c1-3-27(38)36-13-12-21(19-36)29-28(20-8-10-22(11-9-20)35-16-14-34(2)15-17-35)24-18-25(32-33-30(24)31-29)23-6-4-5-7-26(23)37/h3-7,18,20-22,37H,1,8-17,19H2,2H3,(H,31,33)/t20?,21-,22?/m1/s1. The topological polar surface area (TPSA) is 88.6 Å². The lowest BCUT2D eigenvalue weighted by Crippen LogP contribution is -2.49. The highest BCUT2D eigenvalue weighted by Gasteiger charge is 2.35. The van der Waals surface area contributed by atoms with Crippen LogP contribution in [0.15, 0.2) is 43.0 Å². The van der Waals surface area contributed by atoms with E-state index in [-0.39, 0.29) is 17.6 Å². The monoisotopic (exact) mass is 514 g/mol. The zero-order valence-electron chi connectivity index (χ0n) is 22.3. The van der Waals surface area contributed by atoms with Crippen molar-refractivity contribution >= 4 is 16.9 Å². The maximum absolute atomic E-state index is 12.3. The number of piperazine rings is 1. The molecule has 2 aliphatic heterocycles. The lowest BCUT2D eigenvalue weighted by atomic mass is 9.78. The summed E-state index contributed by atoms with van der Waals surface area (Å²) in [5, 5.41) is 20.6. The van der Waals surface area contributed by atoms with Gasteiger partial charge in [-0.25, -0.2) is 0 Å². The molecule has 3 fully saturated rings. The van der Waals surface area contributed by atoms with Gasteiger partial charge in [0.15, 0.2) is 5.65 Å². The average Bonchev–Trinajstić information content (AvgIpc) is 3.58. The number of benzene rings is 1. The highest BCUT2D eigenvalue weighted by Crippen LogP contribution is 2.44. The van der Waals surface area contributed by atoms with E-state index < -0.39 is 0 Å². The molecule has 1 atom stereocenters. The van der Waals surface area contributed by atoms with Crippen LogP contribution in [0, 0.1) is 0 Å². The fourth-order valence-corrected chi connectivity index (χ4v) is 6.85. The van der Waals surface area contributed by atoms with Crippen molar-refractivity contribution in [2.45, 2.75) is 50.0 Å². The molecule has 3 aliphatic rings. The molecule has 4 heterocycles. The van der Waals surface area contributed by atoms with Gasteiger partial charge in [0.25, 0.3) is 0 Å². The van der Waals surface area contributed by atoms with Crippen LogP contribution in [-0.2, 0) is 4.79 Å². The molecule has 2 saturated heterocycles. The van der Waals surface area contributed by atoms with Crippen molar-refractivity contribution in [2.24, 2.45) is 0 Å². The minimum atomic E-state index is -0.000485. The van der Waals surface area contributed by atoms with Crippen LogP contribution < -0.4 is 0 Å². The van der Waals surface area contributed by atoms with E-state index in [4.69, 9.17) is 0 Å². The van der Waals surface area contributed by atoms with Gasteiger partial charge in [-0.05, 0) is 74.9 Å². The molecule has 1 aliphatic carbocycles. The lowest BCUT2D eigenvalue weighted by molar-refractivity contribution is -0.125. The molecule has 1 saturated carbocycles. The maximum atomic E-state index is 12.3. The average molecular weight is 515 g/mol. The third-order valence-electron chi connectivity index (χ3n) is 9.05. The summed E-state index contributed by atoms with van der Waals surface area (Å²) in [4.78, 5) is 23.0. The number of likely N-dealkylation sites (N-methyl/N-ethyl adjacent to an activating group) is 1. The van der Waals surface area contributed by atoms with Crippen LogP contribution in [-0.4, -0.2) is 93.3 Å². The largest absolute Gasteiger partial charge is 0.507 e. The molecule has 38 heavy (non-hydrogen) atoms. The Labute approximate surface area is 224 Å². The number of hydrogen-bond acceptors (Lipinski definition) is 6. The highest BCUT2D eigenvalue weighted by atomic mass is 16.3. The van der Waals surface area contributed by atoms with E-state index in [2.05, 4.69) is 44.7 Å². The van der Waals surface area contributed by atoms with Crippen molar-refractivity contribution in [2.75, 3.05) is 46.3 Å². The van der Waals surface area contributed by atoms with E-state index in [9.17, 15) is 9.90 Å². The Morgan fingerprint density at radius 1 is 1.03 bits per heavy atom. The second-order valence-electron chi connectivity index (χ2n) is 11.3. The number of carbonyl (C=O) groups is 1. The molecule has 200 valence electrons. The Kier molecular flexibility index (Phi) is 6.93. The number of H-pyrrole nitrogens is 1. The van der Waals surface area contributed by atoms with E-state index in [0.717, 1.165) is 49.9 Å². The van der Waals surface area contributed by atoms with Crippen LogP contribution >= 0.6 is 0 Å². The van der Waals surface area contributed by atoms with E-state index in [0.29, 0.717) is 29.8 Å². The quantitative estimate of drug-likeness (QED) is 0.499. The van der Waals surface area contributed by atoms with Gasteiger partial charge in [0, 0.05) is 67.9 Å². The second-order valence-corrected chi connectivity index (χ2v) is 11.3. The minimum Gasteiger partial charge on any atom is -0.507 e. The Hall–Kier alpha value is -3.23. The summed E-state index contributed by atoms with van der Waals surface area (Å²) in [6.07, 6.45) is 7.04. The molecule has 2 aromatic heterocycles. The van der Waals surface area contributed by atoms with Gasteiger partial charge in [0.1, 0.15) is 5.75 Å². The van der Waals surface area contributed by atoms with Gasteiger partial charge in [0.2, 0.25) is 5.91 Å². The number of likely N-dealkylation sites (tertiary alicyclic amines) is 1. The van der Waals surface area contributed by atoms with Crippen LogP contribution in [0.25, 0.3) is 22.3 Å². The van der Waals surface area contributed by atoms with Crippen molar-refractivity contribution in [1.82, 2.24) is 29.9 Å². The Bertz CT molecular complexity index is 1320. The summed E-state index contributed by atoms with van der Waals surface area (Å²) in [5.74, 6) is 0.889. The predicted octanol–water partition coefficient (Wildman–Crippen LogP) is 4.11. The fraction of sp³-hybridized carbons (Fsp3) is 0.500. The van der Waals surface area contributed by atoms with Gasteiger partial charge in [-0.1, -0.05) is 18.7 Å². The summed E-state index contributed by atoms with van der Waals surface area (Å²) in [5.41, 5.74) is 4.73. The second kappa shape index (κ2) is 10.5. The first-order chi connectivity index (χ1) is 18.5. The number of aromatic amines is 1. The summed E-state index contributed by atoms with van der Waals surface area (Å²) in [7, 11) is 2.21. The summed E-state index contributed by atoms with van der Waals surface area (Å²) >= 11 is 0. The molecule has 0 bridgehead atoms. The molecular formula is C30H38N6O2. The smallest absolute Gasteiger partial charge is 0.245 e.